The molecule has 1 aromatic carbocycles. The van der Waals surface area contributed by atoms with Gasteiger partial charge in [0.15, 0.2) is 0 Å². The molecule has 3 aromatic rings. The van der Waals surface area contributed by atoms with E-state index in [9.17, 15) is 0 Å². The van der Waals surface area contributed by atoms with E-state index >= 15 is 0 Å². The van der Waals surface area contributed by atoms with Gasteiger partial charge in [0.2, 0.25) is 17.7 Å². The van der Waals surface area contributed by atoms with Crippen LogP contribution in [0.2, 0.25) is 0 Å². The zero-order chi connectivity index (χ0) is 16.6. The van der Waals surface area contributed by atoms with Crippen molar-refractivity contribution in [2.45, 2.75) is 45.1 Å². The molecule has 0 saturated heterocycles. The van der Waals surface area contributed by atoms with Crippen LogP contribution in [0.3, 0.4) is 0 Å². The van der Waals surface area contributed by atoms with Crippen molar-refractivity contribution < 1.29 is 8.83 Å². The summed E-state index contributed by atoms with van der Waals surface area (Å²) in [5.74, 6) is 1.64. The molecule has 2 aromatic heterocycles. The molecule has 6 nitrogen and oxygen atoms in total. The van der Waals surface area contributed by atoms with E-state index < -0.39 is 0 Å². The molecule has 0 aliphatic rings. The molecule has 0 N–H and O–H groups in total. The Balaban J connectivity index is 1.84. The lowest BCUT2D eigenvalue weighted by molar-refractivity contribution is 0.454. The Labute approximate surface area is 138 Å². The van der Waals surface area contributed by atoms with Gasteiger partial charge in [0.25, 0.3) is 5.22 Å². The second kappa shape index (κ2) is 6.16. The van der Waals surface area contributed by atoms with Gasteiger partial charge in [0, 0.05) is 12.5 Å². The summed E-state index contributed by atoms with van der Waals surface area (Å²) >= 11 is 1.40. The van der Waals surface area contributed by atoms with Gasteiger partial charge >= 0.3 is 0 Å². The number of thioether (sulfide) groups is 1. The second-order valence-electron chi connectivity index (χ2n) is 5.57. The first kappa shape index (κ1) is 15.7. The highest BCUT2D eigenvalue weighted by atomic mass is 32.2. The van der Waals surface area contributed by atoms with E-state index in [0.717, 1.165) is 16.7 Å². The zero-order valence-corrected chi connectivity index (χ0v) is 14.6. The molecule has 0 unspecified atom stereocenters. The Morgan fingerprint density at radius 1 is 0.913 bits per heavy atom. The van der Waals surface area contributed by atoms with Crippen molar-refractivity contribution in [3.63, 3.8) is 0 Å². The molecule has 0 aliphatic heterocycles. The van der Waals surface area contributed by atoms with E-state index in [4.69, 9.17) is 8.83 Å². The Morgan fingerprint density at radius 3 is 2.22 bits per heavy atom. The van der Waals surface area contributed by atoms with E-state index in [0.29, 0.717) is 22.9 Å². The third-order valence-electron chi connectivity index (χ3n) is 3.46. The zero-order valence-electron chi connectivity index (χ0n) is 13.7. The quantitative estimate of drug-likeness (QED) is 0.663. The molecule has 120 valence electrons. The Morgan fingerprint density at radius 2 is 1.61 bits per heavy atom. The van der Waals surface area contributed by atoms with Gasteiger partial charge in [-0.3, -0.25) is 0 Å². The number of nitrogens with zero attached hydrogens (tertiary/aromatic N) is 4. The fraction of sp³-hybridized carbons (Fsp3) is 0.375. The van der Waals surface area contributed by atoms with Gasteiger partial charge in [-0.1, -0.05) is 29.5 Å². The van der Waals surface area contributed by atoms with Crippen LogP contribution < -0.4 is 0 Å². The molecule has 0 aliphatic carbocycles. The van der Waals surface area contributed by atoms with Gasteiger partial charge in [-0.05, 0) is 38.8 Å². The third-order valence-corrected chi connectivity index (χ3v) is 4.39. The average Bonchev–Trinajstić information content (AvgIpc) is 3.07. The van der Waals surface area contributed by atoms with E-state index in [-0.39, 0.29) is 5.25 Å². The van der Waals surface area contributed by atoms with Crippen LogP contribution in [0.4, 0.5) is 0 Å². The molecular weight excluding hydrogens is 312 g/mol. The Bertz CT molecular complexity index is 817. The van der Waals surface area contributed by atoms with Gasteiger partial charge < -0.3 is 8.83 Å². The predicted molar refractivity (Wildman–Crippen MR) is 87.3 cm³/mol. The molecule has 1 atom stereocenters. The highest BCUT2D eigenvalue weighted by molar-refractivity contribution is 7.99. The molecule has 7 heteroatoms. The summed E-state index contributed by atoms with van der Waals surface area (Å²) in [6, 6.07) is 4.23. The van der Waals surface area contributed by atoms with Crippen molar-refractivity contribution in [3.8, 4) is 11.5 Å². The summed E-state index contributed by atoms with van der Waals surface area (Å²) in [5, 5.41) is 16.6. The molecule has 3 rings (SSSR count). The van der Waals surface area contributed by atoms with Gasteiger partial charge in [0.1, 0.15) is 0 Å². The monoisotopic (exact) mass is 330 g/mol. The third kappa shape index (κ3) is 3.29. The van der Waals surface area contributed by atoms with Crippen LogP contribution >= 0.6 is 11.8 Å². The standard InChI is InChI=1S/C16H18N4O2S/c1-8-6-9(2)13(10(3)7-8)15-19-20-16(22-15)23-11(4)14-18-17-12(5)21-14/h6-7,11H,1-5H3/t11-/m1/s1. The first-order chi connectivity index (χ1) is 10.9. The average molecular weight is 330 g/mol. The van der Waals surface area contributed by atoms with Crippen molar-refractivity contribution >= 4 is 11.8 Å². The van der Waals surface area contributed by atoms with E-state index in [1.54, 1.807) is 6.92 Å². The van der Waals surface area contributed by atoms with Crippen LogP contribution in [-0.4, -0.2) is 20.4 Å². The van der Waals surface area contributed by atoms with E-state index in [1.165, 1.54) is 17.3 Å². The lowest BCUT2D eigenvalue weighted by Gasteiger charge is -2.07. The second-order valence-corrected chi connectivity index (χ2v) is 6.86. The molecule has 0 spiro atoms. The first-order valence-electron chi connectivity index (χ1n) is 7.32. The molecule has 0 amide bonds. The Hall–Kier alpha value is -2.15. The number of benzene rings is 1. The molecule has 0 bridgehead atoms. The van der Waals surface area contributed by atoms with Crippen molar-refractivity contribution in [1.82, 2.24) is 20.4 Å². The van der Waals surface area contributed by atoms with Crippen LogP contribution in [-0.2, 0) is 0 Å². The largest absolute Gasteiger partial charge is 0.424 e. The molecular formula is C16H18N4O2S. The minimum absolute atomic E-state index is 0.0512. The summed E-state index contributed by atoms with van der Waals surface area (Å²) < 4.78 is 11.2. The SMILES string of the molecule is Cc1cc(C)c(-c2nnc(S[C@H](C)c3nnc(C)o3)o2)c(C)c1. The van der Waals surface area contributed by atoms with Gasteiger partial charge in [-0.25, -0.2) is 0 Å². The van der Waals surface area contributed by atoms with Crippen molar-refractivity contribution in [2.24, 2.45) is 0 Å². The fourth-order valence-electron chi connectivity index (χ4n) is 2.55. The molecule has 2 heterocycles. The number of aryl methyl sites for hydroxylation is 4. The van der Waals surface area contributed by atoms with Crippen LogP contribution in [0.1, 0.15) is 40.6 Å². The van der Waals surface area contributed by atoms with Crippen molar-refractivity contribution in [1.29, 1.82) is 0 Å². The number of rotatable bonds is 4. The topological polar surface area (TPSA) is 77.8 Å². The Kier molecular flexibility index (Phi) is 4.21. The molecule has 0 fully saturated rings. The van der Waals surface area contributed by atoms with Gasteiger partial charge in [0.05, 0.1) is 5.25 Å². The highest BCUT2D eigenvalue weighted by Gasteiger charge is 2.19. The number of aromatic nitrogens is 4. The predicted octanol–water partition coefficient (Wildman–Crippen LogP) is 4.21. The van der Waals surface area contributed by atoms with Crippen LogP contribution in [0.5, 0.6) is 0 Å². The lowest BCUT2D eigenvalue weighted by atomic mass is 10.00. The summed E-state index contributed by atoms with van der Waals surface area (Å²) in [6.07, 6.45) is 0. The summed E-state index contributed by atoms with van der Waals surface area (Å²) in [6.45, 7) is 9.91. The smallest absolute Gasteiger partial charge is 0.277 e. The highest BCUT2D eigenvalue weighted by Crippen LogP contribution is 2.35. The molecule has 0 radical (unpaired) electrons. The summed E-state index contributed by atoms with van der Waals surface area (Å²) in [5.41, 5.74) is 4.47. The van der Waals surface area contributed by atoms with E-state index in [2.05, 4.69) is 53.3 Å². The van der Waals surface area contributed by atoms with Crippen LogP contribution in [0.25, 0.3) is 11.5 Å². The van der Waals surface area contributed by atoms with Gasteiger partial charge in [-0.15, -0.1) is 20.4 Å². The molecule has 0 saturated carbocycles. The van der Waals surface area contributed by atoms with Crippen LogP contribution in [0.15, 0.2) is 26.2 Å². The fourth-order valence-corrected chi connectivity index (χ4v) is 3.27. The minimum atomic E-state index is -0.0512. The maximum Gasteiger partial charge on any atom is 0.277 e. The van der Waals surface area contributed by atoms with Gasteiger partial charge in [-0.2, -0.15) is 0 Å². The normalized spacial score (nSPS) is 12.6. The van der Waals surface area contributed by atoms with Crippen LogP contribution in [0, 0.1) is 27.7 Å². The number of hydrogen-bond donors (Lipinski definition) is 0. The van der Waals surface area contributed by atoms with E-state index in [1.807, 2.05) is 6.92 Å². The minimum Gasteiger partial charge on any atom is -0.424 e. The number of hydrogen-bond acceptors (Lipinski definition) is 7. The van der Waals surface area contributed by atoms with Crippen molar-refractivity contribution in [3.05, 3.63) is 40.6 Å². The summed E-state index contributed by atoms with van der Waals surface area (Å²) in [7, 11) is 0. The first-order valence-corrected chi connectivity index (χ1v) is 8.20. The maximum atomic E-state index is 5.82. The maximum absolute atomic E-state index is 5.82. The lowest BCUT2D eigenvalue weighted by Crippen LogP contribution is -1.90. The molecule has 23 heavy (non-hydrogen) atoms. The van der Waals surface area contributed by atoms with Crippen molar-refractivity contribution in [2.75, 3.05) is 0 Å². The summed E-state index contributed by atoms with van der Waals surface area (Å²) in [4.78, 5) is 0.